The minimum absolute atomic E-state index is 0.392. The number of aromatic nitrogens is 1. The van der Waals surface area contributed by atoms with Gasteiger partial charge in [0, 0.05) is 34.2 Å². The van der Waals surface area contributed by atoms with Crippen LogP contribution < -0.4 is 5.32 Å². The molecule has 0 aliphatic rings. The molecule has 0 spiro atoms. The number of hydrogen-bond donors (Lipinski definition) is 1. The lowest BCUT2D eigenvalue weighted by Gasteiger charge is -2.22. The van der Waals surface area contributed by atoms with E-state index in [9.17, 15) is 0 Å². The molecular formula is C16H22N2S. The van der Waals surface area contributed by atoms with E-state index in [4.69, 9.17) is 0 Å². The van der Waals surface area contributed by atoms with Crippen molar-refractivity contribution in [2.45, 2.75) is 45.7 Å². The van der Waals surface area contributed by atoms with E-state index in [0.29, 0.717) is 12.1 Å². The Bertz CT molecular complexity index is 492. The summed E-state index contributed by atoms with van der Waals surface area (Å²) in [5, 5.41) is 3.72. The Morgan fingerprint density at radius 1 is 1.16 bits per heavy atom. The van der Waals surface area contributed by atoms with Gasteiger partial charge in [-0.05, 0) is 49.6 Å². The van der Waals surface area contributed by atoms with Crippen molar-refractivity contribution in [2.75, 3.05) is 0 Å². The van der Waals surface area contributed by atoms with Crippen LogP contribution in [0, 0.1) is 0 Å². The first kappa shape index (κ1) is 14.2. The van der Waals surface area contributed by atoms with Gasteiger partial charge in [0.1, 0.15) is 0 Å². The minimum atomic E-state index is 0.392. The highest BCUT2D eigenvalue weighted by Gasteiger charge is 2.14. The van der Waals surface area contributed by atoms with E-state index in [1.54, 1.807) is 0 Å². The van der Waals surface area contributed by atoms with Gasteiger partial charge in [-0.1, -0.05) is 13.8 Å². The van der Waals surface area contributed by atoms with Crippen LogP contribution in [0.25, 0.3) is 0 Å². The molecular weight excluding hydrogens is 252 g/mol. The predicted octanol–water partition coefficient (Wildman–Crippen LogP) is 4.51. The van der Waals surface area contributed by atoms with Gasteiger partial charge in [-0.3, -0.25) is 4.98 Å². The largest absolute Gasteiger partial charge is 0.303 e. The summed E-state index contributed by atoms with van der Waals surface area (Å²) < 4.78 is 0. The fraction of sp³-hybridized carbons (Fsp3) is 0.438. The van der Waals surface area contributed by atoms with E-state index in [2.05, 4.69) is 55.3 Å². The molecule has 3 heteroatoms. The van der Waals surface area contributed by atoms with Crippen molar-refractivity contribution in [3.8, 4) is 0 Å². The molecule has 2 rings (SSSR count). The summed E-state index contributed by atoms with van der Waals surface area (Å²) in [5.41, 5.74) is 1.32. The molecule has 2 aromatic rings. The molecule has 19 heavy (non-hydrogen) atoms. The van der Waals surface area contributed by atoms with Crippen LogP contribution in [-0.4, -0.2) is 4.98 Å². The maximum Gasteiger partial charge on any atom is 0.0391 e. The quantitative estimate of drug-likeness (QED) is 0.838. The molecule has 0 radical (unpaired) electrons. The Morgan fingerprint density at radius 3 is 2.47 bits per heavy atom. The standard InChI is InChI=1S/C16H22N2S/c1-4-14-6-7-16(19-14)12(3)18-15(5-2)13-8-10-17-11-9-13/h6-12,15,18H,4-5H2,1-3H3. The summed E-state index contributed by atoms with van der Waals surface area (Å²) in [7, 11) is 0. The second-order valence-corrected chi connectivity index (χ2v) is 5.99. The van der Waals surface area contributed by atoms with Crippen LogP contribution in [0.4, 0.5) is 0 Å². The van der Waals surface area contributed by atoms with Crippen molar-refractivity contribution in [1.29, 1.82) is 0 Å². The van der Waals surface area contributed by atoms with Crippen LogP contribution in [0.5, 0.6) is 0 Å². The van der Waals surface area contributed by atoms with Crippen LogP contribution in [0.2, 0.25) is 0 Å². The van der Waals surface area contributed by atoms with Gasteiger partial charge in [0.2, 0.25) is 0 Å². The Morgan fingerprint density at radius 2 is 1.89 bits per heavy atom. The first-order valence-corrected chi connectivity index (χ1v) is 7.80. The van der Waals surface area contributed by atoms with E-state index >= 15 is 0 Å². The Hall–Kier alpha value is -1.19. The fourth-order valence-corrected chi connectivity index (χ4v) is 3.21. The smallest absolute Gasteiger partial charge is 0.0391 e. The van der Waals surface area contributed by atoms with E-state index < -0.39 is 0 Å². The zero-order valence-electron chi connectivity index (χ0n) is 11.9. The monoisotopic (exact) mass is 274 g/mol. The molecule has 2 unspecified atom stereocenters. The molecule has 0 bridgehead atoms. The normalized spacial score (nSPS) is 14.3. The highest BCUT2D eigenvalue weighted by Crippen LogP contribution is 2.27. The topological polar surface area (TPSA) is 24.9 Å². The highest BCUT2D eigenvalue weighted by atomic mass is 32.1. The maximum absolute atomic E-state index is 4.09. The molecule has 102 valence electrons. The van der Waals surface area contributed by atoms with Crippen LogP contribution >= 0.6 is 11.3 Å². The third-order valence-corrected chi connectivity index (χ3v) is 4.84. The summed E-state index contributed by atoms with van der Waals surface area (Å²) in [6, 6.07) is 9.47. The lowest BCUT2D eigenvalue weighted by atomic mass is 10.0. The van der Waals surface area contributed by atoms with Gasteiger partial charge >= 0.3 is 0 Å². The summed E-state index contributed by atoms with van der Waals surface area (Å²) in [5.74, 6) is 0. The third kappa shape index (κ3) is 3.64. The number of aryl methyl sites for hydroxylation is 1. The van der Waals surface area contributed by atoms with Crippen LogP contribution in [0.3, 0.4) is 0 Å². The van der Waals surface area contributed by atoms with Gasteiger partial charge in [-0.2, -0.15) is 0 Å². The summed E-state index contributed by atoms with van der Waals surface area (Å²) in [6.45, 7) is 6.67. The van der Waals surface area contributed by atoms with Gasteiger partial charge in [-0.25, -0.2) is 0 Å². The number of rotatable bonds is 6. The molecule has 0 fully saturated rings. The Balaban J connectivity index is 2.06. The van der Waals surface area contributed by atoms with Gasteiger partial charge < -0.3 is 5.32 Å². The van der Waals surface area contributed by atoms with Gasteiger partial charge in [0.05, 0.1) is 0 Å². The number of thiophene rings is 1. The van der Waals surface area contributed by atoms with Crippen LogP contribution in [-0.2, 0) is 6.42 Å². The zero-order valence-corrected chi connectivity index (χ0v) is 12.7. The molecule has 2 heterocycles. The maximum atomic E-state index is 4.09. The first-order chi connectivity index (χ1) is 9.24. The van der Waals surface area contributed by atoms with Crippen molar-refractivity contribution < 1.29 is 0 Å². The summed E-state index contributed by atoms with van der Waals surface area (Å²) >= 11 is 1.91. The average Bonchev–Trinajstić information content (AvgIpc) is 2.94. The van der Waals surface area contributed by atoms with Crippen LogP contribution in [0.1, 0.15) is 54.6 Å². The van der Waals surface area contributed by atoms with E-state index in [0.717, 1.165) is 12.8 Å². The number of pyridine rings is 1. The Kier molecular flexibility index (Phi) is 5.11. The lowest BCUT2D eigenvalue weighted by Crippen LogP contribution is -2.23. The number of hydrogen-bond acceptors (Lipinski definition) is 3. The molecule has 0 amide bonds. The molecule has 2 aromatic heterocycles. The van der Waals surface area contributed by atoms with Gasteiger partial charge in [0.15, 0.2) is 0 Å². The molecule has 0 saturated heterocycles. The van der Waals surface area contributed by atoms with E-state index in [1.165, 1.54) is 15.3 Å². The lowest BCUT2D eigenvalue weighted by molar-refractivity contribution is 0.460. The SMILES string of the molecule is CCc1ccc(C(C)NC(CC)c2ccncc2)s1. The van der Waals surface area contributed by atoms with Gasteiger partial charge in [0.25, 0.3) is 0 Å². The molecule has 2 nitrogen and oxygen atoms in total. The van der Waals surface area contributed by atoms with Crippen molar-refractivity contribution in [3.05, 3.63) is 52.0 Å². The second-order valence-electron chi connectivity index (χ2n) is 4.79. The first-order valence-electron chi connectivity index (χ1n) is 6.99. The molecule has 0 aliphatic carbocycles. The summed E-state index contributed by atoms with van der Waals surface area (Å²) in [6.07, 6.45) is 5.94. The van der Waals surface area contributed by atoms with E-state index in [1.807, 2.05) is 23.7 Å². The van der Waals surface area contributed by atoms with Crippen molar-refractivity contribution in [2.24, 2.45) is 0 Å². The predicted molar refractivity (Wildman–Crippen MR) is 82.5 cm³/mol. The van der Waals surface area contributed by atoms with E-state index in [-0.39, 0.29) is 0 Å². The fourth-order valence-electron chi connectivity index (χ4n) is 2.25. The number of nitrogens with one attached hydrogen (secondary N) is 1. The average molecular weight is 274 g/mol. The van der Waals surface area contributed by atoms with Gasteiger partial charge in [-0.15, -0.1) is 11.3 Å². The minimum Gasteiger partial charge on any atom is -0.303 e. The van der Waals surface area contributed by atoms with Crippen molar-refractivity contribution in [1.82, 2.24) is 10.3 Å². The zero-order chi connectivity index (χ0) is 13.7. The molecule has 2 atom stereocenters. The summed E-state index contributed by atoms with van der Waals surface area (Å²) in [4.78, 5) is 6.97. The van der Waals surface area contributed by atoms with Crippen molar-refractivity contribution in [3.63, 3.8) is 0 Å². The molecule has 0 saturated carbocycles. The second kappa shape index (κ2) is 6.83. The third-order valence-electron chi connectivity index (χ3n) is 3.43. The Labute approximate surface area is 119 Å². The highest BCUT2D eigenvalue weighted by molar-refractivity contribution is 7.12. The van der Waals surface area contributed by atoms with Crippen LogP contribution in [0.15, 0.2) is 36.7 Å². The molecule has 1 N–H and O–H groups in total. The number of nitrogens with zero attached hydrogens (tertiary/aromatic N) is 1. The molecule has 0 aliphatic heterocycles. The molecule has 0 aromatic carbocycles. The van der Waals surface area contributed by atoms with Crippen molar-refractivity contribution >= 4 is 11.3 Å².